The van der Waals surface area contributed by atoms with Crippen molar-refractivity contribution in [3.63, 3.8) is 0 Å². The van der Waals surface area contributed by atoms with Crippen LogP contribution in [0.4, 0.5) is 0 Å². The van der Waals surface area contributed by atoms with Gasteiger partial charge >= 0.3 is 11.9 Å². The number of carbonyl (C=O) groups is 2. The summed E-state index contributed by atoms with van der Waals surface area (Å²) in [6.07, 6.45) is -1.21. The van der Waals surface area contributed by atoms with E-state index in [0.29, 0.717) is 0 Å². The smallest absolute Gasteiger partial charge is 0.343 e. The number of rotatable bonds is 5. The second-order valence-corrected chi connectivity index (χ2v) is 2.40. The Hall–Kier alpha value is -1.70. The lowest BCUT2D eigenvalue weighted by molar-refractivity contribution is -0.497. The predicted molar refractivity (Wildman–Crippen MR) is 36.7 cm³/mol. The van der Waals surface area contributed by atoms with Crippen molar-refractivity contribution in [2.24, 2.45) is 0 Å². The van der Waals surface area contributed by atoms with Crippen molar-refractivity contribution in [3.05, 3.63) is 10.1 Å². The highest BCUT2D eigenvalue weighted by Crippen LogP contribution is 2.10. The summed E-state index contributed by atoms with van der Waals surface area (Å²) in [6, 6.07) is 0. The van der Waals surface area contributed by atoms with E-state index in [-0.39, 0.29) is 0 Å². The van der Waals surface area contributed by atoms with Crippen LogP contribution in [0.25, 0.3) is 0 Å². The third-order valence-corrected chi connectivity index (χ3v) is 1.23. The number of carboxylic acids is 2. The molecule has 0 fully saturated rings. The largest absolute Gasteiger partial charge is 0.481 e. The quantitative estimate of drug-likeness (QED) is 0.358. The van der Waals surface area contributed by atoms with Crippen LogP contribution in [0.1, 0.15) is 6.42 Å². The van der Waals surface area contributed by atoms with Crippen LogP contribution in [0.5, 0.6) is 0 Å². The summed E-state index contributed by atoms with van der Waals surface area (Å²) >= 11 is 0. The zero-order valence-corrected chi connectivity index (χ0v) is 6.34. The van der Waals surface area contributed by atoms with Gasteiger partial charge in [0.2, 0.25) is 12.1 Å². The molecule has 0 aromatic heterocycles. The molecule has 1 atom stereocenters. The van der Waals surface area contributed by atoms with Gasteiger partial charge in [-0.2, -0.15) is 0 Å². The summed E-state index contributed by atoms with van der Waals surface area (Å²) in [6.45, 7) is -1.34. The molecular weight excluding hydrogens is 186 g/mol. The van der Waals surface area contributed by atoms with Crippen LogP contribution in [-0.4, -0.2) is 44.3 Å². The maximum absolute atomic E-state index is 10.3. The van der Waals surface area contributed by atoms with Crippen molar-refractivity contribution >= 4 is 11.9 Å². The fourth-order valence-electron chi connectivity index (χ4n) is 0.663. The molecular formula is C5H7NO7. The van der Waals surface area contributed by atoms with E-state index in [4.69, 9.17) is 15.3 Å². The van der Waals surface area contributed by atoms with Crippen LogP contribution >= 0.6 is 0 Å². The Morgan fingerprint density at radius 2 is 1.85 bits per heavy atom. The molecule has 0 spiro atoms. The van der Waals surface area contributed by atoms with Gasteiger partial charge in [-0.05, 0) is 0 Å². The first kappa shape index (κ1) is 11.3. The van der Waals surface area contributed by atoms with Gasteiger partial charge in [0.05, 0.1) is 6.42 Å². The van der Waals surface area contributed by atoms with E-state index in [9.17, 15) is 19.7 Å². The van der Waals surface area contributed by atoms with Gasteiger partial charge in [0.25, 0.3) is 0 Å². The highest BCUT2D eigenvalue weighted by Gasteiger charge is 2.43. The van der Waals surface area contributed by atoms with Gasteiger partial charge in [0.1, 0.15) is 0 Å². The average Bonchev–Trinajstić information content (AvgIpc) is 1.82. The number of nitro groups is 1. The molecule has 1 unspecified atom stereocenters. The SMILES string of the molecule is O=C(O)CC(O)(C[N+](=O)[O-])C(=O)O. The molecule has 0 aliphatic rings. The standard InChI is InChI=1S/C5H7NO7/c7-3(8)1-5(11,4(9)10)2-6(12)13/h11H,1-2H2,(H,7,8)(H,9,10). The van der Waals surface area contributed by atoms with E-state index in [2.05, 4.69) is 0 Å². The molecule has 0 heterocycles. The Labute approximate surface area is 71.6 Å². The minimum atomic E-state index is -2.84. The summed E-state index contributed by atoms with van der Waals surface area (Å²) in [5.74, 6) is -3.54. The second-order valence-electron chi connectivity index (χ2n) is 2.40. The number of nitrogens with zero attached hydrogens (tertiary/aromatic N) is 1. The van der Waals surface area contributed by atoms with Crippen molar-refractivity contribution in [2.45, 2.75) is 12.0 Å². The summed E-state index contributed by atoms with van der Waals surface area (Å²) in [7, 11) is 0. The lowest BCUT2D eigenvalue weighted by Gasteiger charge is -2.15. The van der Waals surface area contributed by atoms with E-state index < -0.39 is 35.4 Å². The number of aliphatic hydroxyl groups is 1. The minimum Gasteiger partial charge on any atom is -0.481 e. The average molecular weight is 193 g/mol. The molecule has 0 saturated carbocycles. The Bertz CT molecular complexity index is 231. The highest BCUT2D eigenvalue weighted by molar-refractivity contribution is 5.83. The fourth-order valence-corrected chi connectivity index (χ4v) is 0.663. The third-order valence-electron chi connectivity index (χ3n) is 1.23. The van der Waals surface area contributed by atoms with Gasteiger partial charge in [-0.3, -0.25) is 14.9 Å². The molecule has 13 heavy (non-hydrogen) atoms. The van der Waals surface area contributed by atoms with Crippen molar-refractivity contribution in [3.8, 4) is 0 Å². The van der Waals surface area contributed by atoms with Crippen LogP contribution in [0, 0.1) is 10.1 Å². The Balaban J connectivity index is 4.62. The molecule has 0 aliphatic heterocycles. The number of carboxylic acid groups (broad SMARTS) is 2. The van der Waals surface area contributed by atoms with E-state index in [0.717, 1.165) is 0 Å². The summed E-state index contributed by atoms with van der Waals surface area (Å²) in [5, 5.41) is 35.4. The lowest BCUT2D eigenvalue weighted by atomic mass is 10.0. The predicted octanol–water partition coefficient (Wildman–Crippen LogP) is -1.45. The molecule has 0 aromatic rings. The number of hydrogen-bond acceptors (Lipinski definition) is 5. The number of aliphatic carboxylic acids is 2. The molecule has 74 valence electrons. The van der Waals surface area contributed by atoms with Gasteiger partial charge < -0.3 is 15.3 Å². The molecule has 3 N–H and O–H groups in total. The fraction of sp³-hybridized carbons (Fsp3) is 0.600. The third kappa shape index (κ3) is 3.47. The van der Waals surface area contributed by atoms with Gasteiger partial charge in [0, 0.05) is 4.92 Å². The molecule has 8 heteroatoms. The van der Waals surface area contributed by atoms with Crippen LogP contribution in [0.3, 0.4) is 0 Å². The van der Waals surface area contributed by atoms with Gasteiger partial charge in [-0.15, -0.1) is 0 Å². The van der Waals surface area contributed by atoms with Crippen LogP contribution in [0.2, 0.25) is 0 Å². The highest BCUT2D eigenvalue weighted by atomic mass is 16.6. The van der Waals surface area contributed by atoms with Crippen LogP contribution < -0.4 is 0 Å². The normalized spacial score (nSPS) is 14.5. The summed E-state index contributed by atoms with van der Waals surface area (Å²) < 4.78 is 0. The Morgan fingerprint density at radius 3 is 2.08 bits per heavy atom. The van der Waals surface area contributed by atoms with E-state index >= 15 is 0 Å². The summed E-state index contributed by atoms with van der Waals surface area (Å²) in [4.78, 5) is 29.1. The molecule has 0 radical (unpaired) electrons. The maximum Gasteiger partial charge on any atom is 0.343 e. The Morgan fingerprint density at radius 1 is 1.38 bits per heavy atom. The van der Waals surface area contributed by atoms with Crippen molar-refractivity contribution < 1.29 is 29.8 Å². The van der Waals surface area contributed by atoms with Crippen molar-refractivity contribution in [1.82, 2.24) is 0 Å². The van der Waals surface area contributed by atoms with E-state index in [1.54, 1.807) is 0 Å². The first-order valence-corrected chi connectivity index (χ1v) is 3.07. The number of hydrogen-bond donors (Lipinski definition) is 3. The topological polar surface area (TPSA) is 138 Å². The molecule has 0 aliphatic carbocycles. The molecule has 0 bridgehead atoms. The lowest BCUT2D eigenvalue weighted by Crippen LogP contribution is -2.46. The van der Waals surface area contributed by atoms with E-state index in [1.807, 2.05) is 0 Å². The molecule has 0 saturated heterocycles. The first-order valence-electron chi connectivity index (χ1n) is 3.07. The van der Waals surface area contributed by atoms with Crippen LogP contribution in [0.15, 0.2) is 0 Å². The molecule has 0 amide bonds. The van der Waals surface area contributed by atoms with Gasteiger partial charge in [-0.25, -0.2) is 4.79 Å². The van der Waals surface area contributed by atoms with Crippen molar-refractivity contribution in [2.75, 3.05) is 6.54 Å². The van der Waals surface area contributed by atoms with Crippen molar-refractivity contribution in [1.29, 1.82) is 0 Å². The minimum absolute atomic E-state index is 1.09. The van der Waals surface area contributed by atoms with Gasteiger partial charge in [-0.1, -0.05) is 0 Å². The van der Waals surface area contributed by atoms with Crippen LogP contribution in [-0.2, 0) is 9.59 Å². The monoisotopic (exact) mass is 193 g/mol. The summed E-state index contributed by atoms with van der Waals surface area (Å²) in [5.41, 5.74) is -2.84. The molecule has 8 nitrogen and oxygen atoms in total. The second kappa shape index (κ2) is 3.81. The molecule has 0 rings (SSSR count). The van der Waals surface area contributed by atoms with Gasteiger partial charge in [0.15, 0.2) is 0 Å². The zero-order chi connectivity index (χ0) is 10.6. The zero-order valence-electron chi connectivity index (χ0n) is 6.34. The maximum atomic E-state index is 10.3. The van der Waals surface area contributed by atoms with E-state index in [1.165, 1.54) is 0 Å². The molecule has 0 aromatic carbocycles. The first-order chi connectivity index (χ1) is 5.78. The Kier molecular flexibility index (Phi) is 3.31.